The van der Waals surface area contributed by atoms with Gasteiger partial charge < -0.3 is 15.5 Å². The normalized spacial score (nSPS) is 18.7. The van der Waals surface area contributed by atoms with Crippen LogP contribution in [0.25, 0.3) is 10.2 Å². The monoisotopic (exact) mass is 444 g/mol. The molecule has 0 aliphatic carbocycles. The Kier molecular flexibility index (Phi) is 7.10. The number of carbonyl (C=O) groups excluding carboxylic acids is 1. The van der Waals surface area contributed by atoms with Crippen molar-refractivity contribution in [3.8, 4) is 6.07 Å². The standard InChI is InChI=1S/C21H28N6OS2/c22-14-16-4-5-18-19(13-16)30-21(24-18)26-9-7-25(8-10-26)6-2-1-3-17(23)20(28)27-11-12-29-15-27/h4-5,13,17H,1-3,6-12,15,23H2. The number of fused-ring (bicyclic) bond motifs is 1. The van der Waals surface area contributed by atoms with Gasteiger partial charge in [0, 0.05) is 38.5 Å². The zero-order chi connectivity index (χ0) is 20.9. The lowest BCUT2D eigenvalue weighted by atomic mass is 10.1. The van der Waals surface area contributed by atoms with Crippen LogP contribution in [0, 0.1) is 11.3 Å². The van der Waals surface area contributed by atoms with Gasteiger partial charge in [-0.15, -0.1) is 11.8 Å². The Morgan fingerprint density at radius 2 is 2.07 bits per heavy atom. The lowest BCUT2D eigenvalue weighted by molar-refractivity contribution is -0.131. The third kappa shape index (κ3) is 5.06. The topological polar surface area (TPSA) is 89.5 Å². The maximum Gasteiger partial charge on any atom is 0.240 e. The number of rotatable bonds is 7. The molecular formula is C21H28N6OS2. The van der Waals surface area contributed by atoms with E-state index in [0.717, 1.165) is 85.5 Å². The molecule has 1 aromatic heterocycles. The highest BCUT2D eigenvalue weighted by atomic mass is 32.2. The smallest absolute Gasteiger partial charge is 0.240 e. The number of thioether (sulfide) groups is 1. The van der Waals surface area contributed by atoms with Crippen molar-refractivity contribution < 1.29 is 4.79 Å². The molecule has 1 amide bonds. The first-order valence-electron chi connectivity index (χ1n) is 10.5. The Bertz CT molecular complexity index is 912. The van der Waals surface area contributed by atoms with Crippen LogP contribution in [0.5, 0.6) is 0 Å². The minimum absolute atomic E-state index is 0.117. The molecule has 0 spiro atoms. The van der Waals surface area contributed by atoms with Gasteiger partial charge in [0.25, 0.3) is 0 Å². The molecule has 1 unspecified atom stereocenters. The first kappa shape index (κ1) is 21.4. The highest BCUT2D eigenvalue weighted by Crippen LogP contribution is 2.30. The predicted octanol–water partition coefficient (Wildman–Crippen LogP) is 2.32. The summed E-state index contributed by atoms with van der Waals surface area (Å²) in [4.78, 5) is 23.7. The molecule has 160 valence electrons. The molecule has 2 N–H and O–H groups in total. The van der Waals surface area contributed by atoms with Crippen LogP contribution < -0.4 is 10.6 Å². The molecule has 9 heteroatoms. The fourth-order valence-corrected chi connectivity index (χ4v) is 5.94. The van der Waals surface area contributed by atoms with E-state index in [4.69, 9.17) is 16.0 Å². The molecule has 30 heavy (non-hydrogen) atoms. The summed E-state index contributed by atoms with van der Waals surface area (Å²) in [5.41, 5.74) is 7.76. The van der Waals surface area contributed by atoms with Gasteiger partial charge in [0.1, 0.15) is 0 Å². The third-order valence-electron chi connectivity index (χ3n) is 5.77. The van der Waals surface area contributed by atoms with Crippen molar-refractivity contribution in [2.75, 3.05) is 55.8 Å². The molecule has 2 aliphatic heterocycles. The van der Waals surface area contributed by atoms with Gasteiger partial charge >= 0.3 is 0 Å². The fourth-order valence-electron chi connectivity index (χ4n) is 3.93. The molecule has 7 nitrogen and oxygen atoms in total. The second-order valence-electron chi connectivity index (χ2n) is 7.86. The van der Waals surface area contributed by atoms with Gasteiger partial charge in [-0.3, -0.25) is 9.69 Å². The lowest BCUT2D eigenvalue weighted by Gasteiger charge is -2.34. The highest BCUT2D eigenvalue weighted by Gasteiger charge is 2.24. The Hall–Kier alpha value is -1.86. The second-order valence-corrected chi connectivity index (χ2v) is 9.94. The number of nitrogens with zero attached hydrogens (tertiary/aromatic N) is 5. The Labute approximate surface area is 185 Å². The number of hydrogen-bond donors (Lipinski definition) is 1. The van der Waals surface area contributed by atoms with Crippen molar-refractivity contribution in [2.45, 2.75) is 25.3 Å². The molecule has 0 saturated carbocycles. The highest BCUT2D eigenvalue weighted by molar-refractivity contribution is 7.99. The largest absolute Gasteiger partial charge is 0.345 e. The van der Waals surface area contributed by atoms with Crippen molar-refractivity contribution >= 4 is 44.4 Å². The van der Waals surface area contributed by atoms with Crippen molar-refractivity contribution in [1.82, 2.24) is 14.8 Å². The first-order valence-corrected chi connectivity index (χ1v) is 12.5. The minimum atomic E-state index is -0.346. The number of anilines is 1. The quantitative estimate of drug-likeness (QED) is 0.656. The molecule has 4 rings (SSSR count). The van der Waals surface area contributed by atoms with E-state index in [1.165, 1.54) is 0 Å². The molecule has 1 atom stereocenters. The summed E-state index contributed by atoms with van der Waals surface area (Å²) in [6.07, 6.45) is 2.84. The average Bonchev–Trinajstić information content (AvgIpc) is 3.46. The number of amides is 1. The van der Waals surface area contributed by atoms with E-state index in [9.17, 15) is 4.79 Å². The summed E-state index contributed by atoms with van der Waals surface area (Å²) in [6.45, 7) is 5.88. The molecule has 2 saturated heterocycles. The van der Waals surface area contributed by atoms with Gasteiger partial charge in [-0.25, -0.2) is 4.98 Å². The van der Waals surface area contributed by atoms with E-state index in [2.05, 4.69) is 15.9 Å². The summed E-state index contributed by atoms with van der Waals surface area (Å²) in [5.74, 6) is 1.94. The van der Waals surface area contributed by atoms with E-state index in [0.29, 0.717) is 5.56 Å². The summed E-state index contributed by atoms with van der Waals surface area (Å²) in [7, 11) is 0. The zero-order valence-electron chi connectivity index (χ0n) is 17.1. The van der Waals surface area contributed by atoms with Crippen molar-refractivity contribution in [2.24, 2.45) is 5.73 Å². The van der Waals surface area contributed by atoms with Crippen LogP contribution >= 0.6 is 23.1 Å². The van der Waals surface area contributed by atoms with E-state index in [-0.39, 0.29) is 11.9 Å². The number of unbranched alkanes of at least 4 members (excludes halogenated alkanes) is 1. The molecule has 2 aromatic rings. The van der Waals surface area contributed by atoms with Crippen LogP contribution in [0.3, 0.4) is 0 Å². The molecule has 0 bridgehead atoms. The summed E-state index contributed by atoms with van der Waals surface area (Å²) in [5, 5.41) is 10.1. The number of piperazine rings is 1. The van der Waals surface area contributed by atoms with Gasteiger partial charge in [-0.1, -0.05) is 17.8 Å². The molecular weight excluding hydrogens is 416 g/mol. The minimum Gasteiger partial charge on any atom is -0.345 e. The van der Waals surface area contributed by atoms with Crippen molar-refractivity contribution in [3.63, 3.8) is 0 Å². The van der Waals surface area contributed by atoms with Gasteiger partial charge in [-0.05, 0) is 37.6 Å². The third-order valence-corrected chi connectivity index (χ3v) is 7.81. The van der Waals surface area contributed by atoms with Crippen LogP contribution in [0.2, 0.25) is 0 Å². The number of nitriles is 1. The van der Waals surface area contributed by atoms with Gasteiger partial charge in [0.05, 0.1) is 33.8 Å². The number of carbonyl (C=O) groups is 1. The second kappa shape index (κ2) is 9.96. The van der Waals surface area contributed by atoms with Gasteiger partial charge in [-0.2, -0.15) is 5.26 Å². The fraction of sp³-hybridized carbons (Fsp3) is 0.571. The average molecular weight is 445 g/mol. The SMILES string of the molecule is N#Cc1ccc2nc(N3CCN(CCCCC(N)C(=O)N4CCSC4)CC3)sc2c1. The number of thiazole rings is 1. The van der Waals surface area contributed by atoms with Crippen LogP contribution in [0.1, 0.15) is 24.8 Å². The number of aromatic nitrogens is 1. The molecule has 3 heterocycles. The maximum absolute atomic E-state index is 12.3. The van der Waals surface area contributed by atoms with Gasteiger partial charge in [0.2, 0.25) is 5.91 Å². The predicted molar refractivity (Wildman–Crippen MR) is 124 cm³/mol. The number of nitrogens with two attached hydrogens (primary N) is 1. The lowest BCUT2D eigenvalue weighted by Crippen LogP contribution is -2.46. The Morgan fingerprint density at radius 3 is 2.80 bits per heavy atom. The Balaban J connectivity index is 1.18. The maximum atomic E-state index is 12.3. The van der Waals surface area contributed by atoms with Crippen LogP contribution in [-0.2, 0) is 4.79 Å². The van der Waals surface area contributed by atoms with Crippen molar-refractivity contribution in [3.05, 3.63) is 23.8 Å². The zero-order valence-corrected chi connectivity index (χ0v) is 18.8. The molecule has 0 radical (unpaired) electrons. The summed E-state index contributed by atoms with van der Waals surface area (Å²) < 4.78 is 1.07. The number of hydrogen-bond acceptors (Lipinski definition) is 8. The van der Waals surface area contributed by atoms with Crippen LogP contribution in [0.4, 0.5) is 5.13 Å². The van der Waals surface area contributed by atoms with Crippen LogP contribution in [-0.4, -0.2) is 77.6 Å². The number of benzene rings is 1. The molecule has 2 fully saturated rings. The van der Waals surface area contributed by atoms with Crippen molar-refractivity contribution in [1.29, 1.82) is 5.26 Å². The Morgan fingerprint density at radius 1 is 1.23 bits per heavy atom. The van der Waals surface area contributed by atoms with E-state index >= 15 is 0 Å². The summed E-state index contributed by atoms with van der Waals surface area (Å²) >= 11 is 3.46. The first-order chi connectivity index (χ1) is 14.6. The van der Waals surface area contributed by atoms with Gasteiger partial charge in [0.15, 0.2) is 5.13 Å². The molecule has 1 aromatic carbocycles. The molecule has 2 aliphatic rings. The summed E-state index contributed by atoms with van der Waals surface area (Å²) in [6, 6.07) is 7.53. The van der Waals surface area contributed by atoms with E-state index in [1.54, 1.807) is 23.1 Å². The van der Waals surface area contributed by atoms with E-state index in [1.807, 2.05) is 23.1 Å². The van der Waals surface area contributed by atoms with E-state index < -0.39 is 0 Å². The van der Waals surface area contributed by atoms with Crippen LogP contribution in [0.15, 0.2) is 18.2 Å².